The van der Waals surface area contributed by atoms with Crippen molar-refractivity contribution in [2.45, 2.75) is 10.8 Å². The van der Waals surface area contributed by atoms with E-state index in [1.54, 1.807) is 29.6 Å². The van der Waals surface area contributed by atoms with Gasteiger partial charge in [0.05, 0.1) is 0 Å². The zero-order chi connectivity index (χ0) is 13.0. The Kier molecular flexibility index (Phi) is 4.00. The van der Waals surface area contributed by atoms with Crippen molar-refractivity contribution in [3.63, 3.8) is 0 Å². The third-order valence-electron chi connectivity index (χ3n) is 2.35. The number of hydrogen-bond donors (Lipinski definition) is 2. The Labute approximate surface area is 111 Å². The second-order valence-corrected chi connectivity index (χ2v) is 6.62. The van der Waals surface area contributed by atoms with Crippen LogP contribution in [-0.2, 0) is 16.6 Å². The van der Waals surface area contributed by atoms with E-state index in [4.69, 9.17) is 0 Å². The van der Waals surface area contributed by atoms with Crippen molar-refractivity contribution < 1.29 is 8.42 Å². The van der Waals surface area contributed by atoms with Crippen molar-refractivity contribution in [2.75, 3.05) is 11.8 Å². The second-order valence-electron chi connectivity index (χ2n) is 3.76. The summed E-state index contributed by atoms with van der Waals surface area (Å²) in [6.07, 6.45) is 0. The summed E-state index contributed by atoms with van der Waals surface area (Å²) >= 11 is 1.20. The highest BCUT2D eigenvalue weighted by Gasteiger charge is 2.14. The lowest BCUT2D eigenvalue weighted by atomic mass is 10.2. The van der Waals surface area contributed by atoms with Crippen molar-refractivity contribution in [2.24, 2.45) is 0 Å². The summed E-state index contributed by atoms with van der Waals surface area (Å²) in [6.45, 7) is 0.762. The predicted octanol–water partition coefficient (Wildman–Crippen LogP) is 2.27. The van der Waals surface area contributed by atoms with Crippen LogP contribution in [0, 0.1) is 0 Å². The molecule has 0 saturated carbocycles. The number of nitrogens with one attached hydrogen (secondary N) is 2. The minimum absolute atomic E-state index is 0.321. The monoisotopic (exact) mass is 282 g/mol. The summed E-state index contributed by atoms with van der Waals surface area (Å²) < 4.78 is 26.8. The molecule has 1 heterocycles. The van der Waals surface area contributed by atoms with Crippen molar-refractivity contribution >= 4 is 27.0 Å². The normalized spacial score (nSPS) is 11.4. The van der Waals surface area contributed by atoms with Crippen LogP contribution in [0.25, 0.3) is 0 Å². The molecule has 0 spiro atoms. The number of hydrogen-bond acceptors (Lipinski definition) is 4. The first kappa shape index (κ1) is 13.1. The second kappa shape index (κ2) is 5.51. The van der Waals surface area contributed by atoms with Crippen LogP contribution in [-0.4, -0.2) is 15.5 Å². The molecule has 0 amide bonds. The molecule has 2 rings (SSSR count). The summed E-state index contributed by atoms with van der Waals surface area (Å²) in [6, 6.07) is 10.6. The molecule has 0 aliphatic carbocycles. The molecule has 4 nitrogen and oxygen atoms in total. The smallest absolute Gasteiger partial charge is 0.271 e. The molecule has 1 aromatic carbocycles. The zero-order valence-electron chi connectivity index (χ0n) is 9.88. The SMILES string of the molecule is CNCc1ccc(NS(=O)(=O)c2cccs2)cc1. The Hall–Kier alpha value is -1.37. The first-order valence-electron chi connectivity index (χ1n) is 5.42. The van der Waals surface area contributed by atoms with E-state index in [0.717, 1.165) is 12.1 Å². The van der Waals surface area contributed by atoms with E-state index < -0.39 is 10.0 Å². The van der Waals surface area contributed by atoms with Crippen LogP contribution in [0.5, 0.6) is 0 Å². The van der Waals surface area contributed by atoms with Crippen molar-refractivity contribution in [1.82, 2.24) is 5.32 Å². The maximum Gasteiger partial charge on any atom is 0.271 e. The van der Waals surface area contributed by atoms with Crippen LogP contribution >= 0.6 is 11.3 Å². The van der Waals surface area contributed by atoms with Crippen LogP contribution in [0.3, 0.4) is 0 Å². The van der Waals surface area contributed by atoms with Crippen LogP contribution in [0.15, 0.2) is 46.0 Å². The predicted molar refractivity (Wildman–Crippen MR) is 74.3 cm³/mol. The Bertz CT molecular complexity index is 590. The van der Waals surface area contributed by atoms with Crippen LogP contribution < -0.4 is 10.0 Å². The molecule has 1 aromatic heterocycles. The first-order valence-corrected chi connectivity index (χ1v) is 7.78. The molecular formula is C12H14N2O2S2. The van der Waals surface area contributed by atoms with E-state index in [-0.39, 0.29) is 0 Å². The topological polar surface area (TPSA) is 58.2 Å². The molecule has 0 bridgehead atoms. The van der Waals surface area contributed by atoms with E-state index in [9.17, 15) is 8.42 Å². The highest BCUT2D eigenvalue weighted by atomic mass is 32.2. The number of anilines is 1. The highest BCUT2D eigenvalue weighted by Crippen LogP contribution is 2.20. The lowest BCUT2D eigenvalue weighted by Crippen LogP contribution is -2.11. The third kappa shape index (κ3) is 3.10. The van der Waals surface area contributed by atoms with Gasteiger partial charge in [0.2, 0.25) is 0 Å². The molecule has 6 heteroatoms. The quantitative estimate of drug-likeness (QED) is 0.884. The molecule has 0 radical (unpaired) electrons. The van der Waals surface area contributed by atoms with Gasteiger partial charge in [-0.25, -0.2) is 8.42 Å². The van der Waals surface area contributed by atoms with Gasteiger partial charge in [0, 0.05) is 12.2 Å². The van der Waals surface area contributed by atoms with E-state index >= 15 is 0 Å². The standard InChI is InChI=1S/C12H14N2O2S2/c1-13-9-10-4-6-11(7-5-10)14-18(15,16)12-3-2-8-17-12/h2-8,13-14H,9H2,1H3. The van der Waals surface area contributed by atoms with E-state index in [0.29, 0.717) is 9.90 Å². The first-order chi connectivity index (χ1) is 8.62. The van der Waals surface area contributed by atoms with Gasteiger partial charge in [-0.05, 0) is 36.2 Å². The molecular weight excluding hydrogens is 268 g/mol. The summed E-state index contributed by atoms with van der Waals surface area (Å²) in [5.41, 5.74) is 1.68. The average molecular weight is 282 g/mol. The minimum Gasteiger partial charge on any atom is -0.316 e. The maximum atomic E-state index is 12.0. The number of thiophene rings is 1. The molecule has 2 aromatic rings. The van der Waals surface area contributed by atoms with Gasteiger partial charge in [0.1, 0.15) is 4.21 Å². The van der Waals surface area contributed by atoms with Gasteiger partial charge in [-0.15, -0.1) is 11.3 Å². The Balaban J connectivity index is 2.14. The summed E-state index contributed by atoms with van der Waals surface area (Å²) in [5, 5.41) is 4.78. The van der Waals surface area contributed by atoms with E-state index in [1.165, 1.54) is 11.3 Å². The Morgan fingerprint density at radius 1 is 1.17 bits per heavy atom. The molecule has 18 heavy (non-hydrogen) atoms. The van der Waals surface area contributed by atoms with Gasteiger partial charge in [0.15, 0.2) is 0 Å². The maximum absolute atomic E-state index is 12.0. The fraction of sp³-hybridized carbons (Fsp3) is 0.167. The van der Waals surface area contributed by atoms with Crippen molar-refractivity contribution in [3.05, 3.63) is 47.3 Å². The largest absolute Gasteiger partial charge is 0.316 e. The molecule has 0 saturated heterocycles. The highest BCUT2D eigenvalue weighted by molar-refractivity contribution is 7.94. The molecule has 0 atom stereocenters. The van der Waals surface area contributed by atoms with Crippen molar-refractivity contribution in [1.29, 1.82) is 0 Å². The third-order valence-corrected chi connectivity index (χ3v) is 5.13. The average Bonchev–Trinajstić information content (AvgIpc) is 2.86. The molecule has 0 fully saturated rings. The van der Waals surface area contributed by atoms with Gasteiger partial charge >= 0.3 is 0 Å². The zero-order valence-corrected chi connectivity index (χ0v) is 11.5. The lowest BCUT2D eigenvalue weighted by molar-refractivity contribution is 0.603. The van der Waals surface area contributed by atoms with Crippen LogP contribution in [0.1, 0.15) is 5.56 Å². The fourth-order valence-electron chi connectivity index (χ4n) is 1.52. The summed E-state index contributed by atoms with van der Waals surface area (Å²) in [5.74, 6) is 0. The molecule has 96 valence electrons. The Morgan fingerprint density at radius 3 is 2.44 bits per heavy atom. The van der Waals surface area contributed by atoms with Gasteiger partial charge in [-0.3, -0.25) is 4.72 Å². The number of benzene rings is 1. The van der Waals surface area contributed by atoms with E-state index in [2.05, 4.69) is 10.0 Å². The molecule has 0 aliphatic heterocycles. The van der Waals surface area contributed by atoms with E-state index in [1.807, 2.05) is 19.2 Å². The Morgan fingerprint density at radius 2 is 1.89 bits per heavy atom. The van der Waals surface area contributed by atoms with Gasteiger partial charge < -0.3 is 5.32 Å². The number of sulfonamides is 1. The number of rotatable bonds is 5. The minimum atomic E-state index is -3.44. The summed E-state index contributed by atoms with van der Waals surface area (Å²) in [7, 11) is -1.57. The fourth-order valence-corrected chi connectivity index (χ4v) is 3.57. The van der Waals surface area contributed by atoms with Gasteiger partial charge in [-0.2, -0.15) is 0 Å². The van der Waals surface area contributed by atoms with Crippen molar-refractivity contribution in [3.8, 4) is 0 Å². The molecule has 0 aliphatic rings. The molecule has 0 unspecified atom stereocenters. The van der Waals surface area contributed by atoms with Gasteiger partial charge in [0.25, 0.3) is 10.0 Å². The summed E-state index contributed by atoms with van der Waals surface area (Å²) in [4.78, 5) is 0. The van der Waals surface area contributed by atoms with Crippen LogP contribution in [0.2, 0.25) is 0 Å². The lowest BCUT2D eigenvalue weighted by Gasteiger charge is -2.07. The molecule has 2 N–H and O–H groups in total. The van der Waals surface area contributed by atoms with Gasteiger partial charge in [-0.1, -0.05) is 18.2 Å². The van der Waals surface area contributed by atoms with Crippen LogP contribution in [0.4, 0.5) is 5.69 Å².